The highest BCUT2D eigenvalue weighted by Crippen LogP contribution is 2.42. The average Bonchev–Trinajstić information content (AvgIpc) is 2.57. The van der Waals surface area contributed by atoms with Gasteiger partial charge in [-0.2, -0.15) is 0 Å². The van der Waals surface area contributed by atoms with Crippen molar-refractivity contribution in [2.75, 3.05) is 20.4 Å². The summed E-state index contributed by atoms with van der Waals surface area (Å²) >= 11 is 1.63. The monoisotopic (exact) mass is 352 g/mol. The van der Waals surface area contributed by atoms with Crippen molar-refractivity contribution in [2.45, 2.75) is 44.8 Å². The van der Waals surface area contributed by atoms with Crippen molar-refractivity contribution in [1.29, 1.82) is 0 Å². The molecule has 0 bridgehead atoms. The lowest BCUT2D eigenvalue weighted by Gasteiger charge is -2.29. The smallest absolute Gasteiger partial charge is 0.166 e. The van der Waals surface area contributed by atoms with E-state index < -0.39 is 12.6 Å². The van der Waals surface area contributed by atoms with E-state index in [0.717, 1.165) is 17.0 Å². The fourth-order valence-corrected chi connectivity index (χ4v) is 5.11. The molecule has 0 aromatic heterocycles. The fraction of sp³-hybridized carbons (Fsp3) is 0.556. The first-order valence-corrected chi connectivity index (χ1v) is 11.8. The quantitative estimate of drug-likeness (QED) is 0.825. The van der Waals surface area contributed by atoms with Gasteiger partial charge in [-0.25, -0.2) is 4.99 Å². The summed E-state index contributed by atoms with van der Waals surface area (Å²) in [7, 11) is 1.91. The van der Waals surface area contributed by atoms with Crippen molar-refractivity contribution in [2.24, 2.45) is 4.99 Å². The standard InChI is InChI=1S/C18H29N2OPS/c1-12-9-13(2)16(10-15(12)11-22(6,7)8)19-17-20(5)18(4,21)14(3)23-17/h9-10,14,21H,6,11H2,1-5,7-8H3. The Hall–Kier alpha value is -0.700. The molecule has 0 spiro atoms. The number of rotatable bonds is 3. The molecule has 1 saturated heterocycles. The molecule has 1 heterocycles. The predicted octanol–water partition coefficient (Wildman–Crippen LogP) is 4.28. The van der Waals surface area contributed by atoms with Gasteiger partial charge >= 0.3 is 0 Å². The third-order valence-electron chi connectivity index (χ3n) is 4.49. The molecule has 0 radical (unpaired) electrons. The molecule has 1 aromatic rings. The molecule has 1 N–H and O–H groups in total. The van der Waals surface area contributed by atoms with Crippen molar-refractivity contribution >= 4 is 35.8 Å². The maximum atomic E-state index is 10.5. The summed E-state index contributed by atoms with van der Waals surface area (Å²) < 4.78 is 0. The number of aliphatic hydroxyl groups is 1. The molecule has 23 heavy (non-hydrogen) atoms. The Morgan fingerprint density at radius 1 is 1.35 bits per heavy atom. The number of aliphatic imine (C=N–C) groups is 1. The third-order valence-corrected chi connectivity index (χ3v) is 7.06. The highest BCUT2D eigenvalue weighted by atomic mass is 32.2. The van der Waals surface area contributed by atoms with E-state index in [1.54, 1.807) is 11.8 Å². The van der Waals surface area contributed by atoms with Crippen molar-refractivity contribution in [3.05, 3.63) is 28.8 Å². The molecular formula is C18H29N2OPS. The highest BCUT2D eigenvalue weighted by molar-refractivity contribution is 8.14. The van der Waals surface area contributed by atoms with E-state index in [4.69, 9.17) is 4.99 Å². The minimum absolute atomic E-state index is 0.0983. The minimum Gasteiger partial charge on any atom is -0.370 e. The molecule has 2 unspecified atom stereocenters. The summed E-state index contributed by atoms with van der Waals surface area (Å²) in [5.41, 5.74) is 3.97. The Morgan fingerprint density at radius 2 is 1.96 bits per heavy atom. The lowest BCUT2D eigenvalue weighted by molar-refractivity contribution is -0.0304. The van der Waals surface area contributed by atoms with Gasteiger partial charge in [0, 0.05) is 7.05 Å². The number of amidine groups is 1. The van der Waals surface area contributed by atoms with Gasteiger partial charge in [0.1, 0.15) is 5.72 Å². The van der Waals surface area contributed by atoms with Gasteiger partial charge in [-0.1, -0.05) is 17.8 Å². The van der Waals surface area contributed by atoms with Gasteiger partial charge < -0.3 is 10.0 Å². The molecule has 128 valence electrons. The Labute approximate surface area is 145 Å². The summed E-state index contributed by atoms with van der Waals surface area (Å²) in [6.07, 6.45) is 5.37. The largest absolute Gasteiger partial charge is 0.370 e. The second-order valence-corrected chi connectivity index (χ2v) is 13.0. The van der Waals surface area contributed by atoms with Crippen molar-refractivity contribution in [3.63, 3.8) is 0 Å². The van der Waals surface area contributed by atoms with Crippen LogP contribution in [0.2, 0.25) is 0 Å². The van der Waals surface area contributed by atoms with Crippen LogP contribution in [0.4, 0.5) is 5.69 Å². The van der Waals surface area contributed by atoms with Crippen LogP contribution in [0.1, 0.15) is 30.5 Å². The van der Waals surface area contributed by atoms with Gasteiger partial charge in [-0.15, -0.1) is 13.2 Å². The minimum atomic E-state index is -1.13. The number of nitrogens with zero attached hydrogens (tertiary/aromatic N) is 2. The summed E-state index contributed by atoms with van der Waals surface area (Å²) in [4.78, 5) is 6.73. The van der Waals surface area contributed by atoms with Crippen LogP contribution in [0.15, 0.2) is 17.1 Å². The first kappa shape index (κ1) is 18.6. The maximum Gasteiger partial charge on any atom is 0.166 e. The number of hydrogen-bond donors (Lipinski definition) is 1. The second kappa shape index (κ2) is 6.31. The molecule has 0 aliphatic carbocycles. The topological polar surface area (TPSA) is 35.8 Å². The Morgan fingerprint density at radius 3 is 2.43 bits per heavy atom. The van der Waals surface area contributed by atoms with E-state index in [1.807, 2.05) is 25.8 Å². The van der Waals surface area contributed by atoms with Gasteiger partial charge in [0.2, 0.25) is 0 Å². The van der Waals surface area contributed by atoms with E-state index in [1.165, 1.54) is 16.7 Å². The molecule has 3 nitrogen and oxygen atoms in total. The number of thioether (sulfide) groups is 1. The zero-order valence-electron chi connectivity index (χ0n) is 15.3. The molecular weight excluding hydrogens is 323 g/mol. The molecule has 0 saturated carbocycles. The molecule has 1 aliphatic rings. The first-order chi connectivity index (χ1) is 10.4. The van der Waals surface area contributed by atoms with E-state index in [0.29, 0.717) is 0 Å². The zero-order chi connectivity index (χ0) is 17.6. The molecule has 1 aliphatic heterocycles. The normalized spacial score (nSPS) is 27.0. The number of hydrogen-bond acceptors (Lipinski definition) is 3. The molecule has 2 atom stereocenters. The van der Waals surface area contributed by atoms with Crippen LogP contribution in [-0.4, -0.2) is 52.8 Å². The second-order valence-electron chi connectivity index (χ2n) is 7.47. The van der Waals surface area contributed by atoms with E-state index in [2.05, 4.69) is 45.6 Å². The average molecular weight is 352 g/mol. The van der Waals surface area contributed by atoms with Gasteiger partial charge in [-0.3, -0.25) is 0 Å². The van der Waals surface area contributed by atoms with Gasteiger partial charge in [0.15, 0.2) is 5.17 Å². The molecule has 1 aromatic carbocycles. The van der Waals surface area contributed by atoms with Crippen LogP contribution in [-0.2, 0) is 6.16 Å². The van der Waals surface area contributed by atoms with Crippen LogP contribution >= 0.6 is 18.6 Å². The lowest BCUT2D eigenvalue weighted by Crippen LogP contribution is -2.45. The van der Waals surface area contributed by atoms with Gasteiger partial charge in [-0.05, 0) is 69.9 Å². The Bertz CT molecular complexity index is 691. The number of benzene rings is 1. The Balaban J connectivity index is 2.43. The predicted molar refractivity (Wildman–Crippen MR) is 108 cm³/mol. The van der Waals surface area contributed by atoms with Crippen LogP contribution in [0, 0.1) is 13.8 Å². The SMILES string of the molecule is C=P(C)(C)Cc1cc(N=C2SC(C)C(C)(O)N2C)c(C)cc1C. The Kier molecular flexibility index (Phi) is 5.11. The molecule has 0 amide bonds. The molecule has 1 fully saturated rings. The van der Waals surface area contributed by atoms with E-state index in [9.17, 15) is 5.11 Å². The third kappa shape index (κ3) is 4.04. The van der Waals surface area contributed by atoms with E-state index in [-0.39, 0.29) is 5.25 Å². The van der Waals surface area contributed by atoms with Crippen LogP contribution in [0.5, 0.6) is 0 Å². The zero-order valence-corrected chi connectivity index (χ0v) is 17.1. The highest BCUT2D eigenvalue weighted by Gasteiger charge is 2.43. The molecule has 5 heteroatoms. The summed E-state index contributed by atoms with van der Waals surface area (Å²) in [6, 6.07) is 4.42. The van der Waals surface area contributed by atoms with Crippen LogP contribution in [0.3, 0.4) is 0 Å². The van der Waals surface area contributed by atoms with Gasteiger partial charge in [0.05, 0.1) is 10.9 Å². The van der Waals surface area contributed by atoms with Crippen molar-refractivity contribution in [1.82, 2.24) is 4.90 Å². The van der Waals surface area contributed by atoms with Crippen molar-refractivity contribution in [3.8, 4) is 0 Å². The summed E-state index contributed by atoms with van der Waals surface area (Å²) in [5, 5.41) is 11.5. The van der Waals surface area contributed by atoms with Crippen LogP contribution in [0.25, 0.3) is 0 Å². The lowest BCUT2D eigenvalue weighted by atomic mass is 10.1. The first-order valence-electron chi connectivity index (χ1n) is 7.91. The van der Waals surface area contributed by atoms with Gasteiger partial charge in [0.25, 0.3) is 0 Å². The van der Waals surface area contributed by atoms with Crippen LogP contribution < -0.4 is 0 Å². The summed E-state index contributed by atoms with van der Waals surface area (Å²) in [5.74, 6) is 0. The van der Waals surface area contributed by atoms with E-state index >= 15 is 0 Å². The maximum absolute atomic E-state index is 10.5. The summed E-state index contributed by atoms with van der Waals surface area (Å²) in [6.45, 7) is 11.5. The fourth-order valence-electron chi connectivity index (χ4n) is 2.66. The molecule has 2 rings (SSSR count). The number of aryl methyl sites for hydroxylation is 2. The van der Waals surface area contributed by atoms with Crippen molar-refractivity contribution < 1.29 is 5.11 Å².